The van der Waals surface area contributed by atoms with E-state index in [1.165, 1.54) is 19.3 Å². The van der Waals surface area contributed by atoms with E-state index < -0.39 is 87.7 Å². The smallest absolute Gasteiger partial charge is 0.335 e. The molecular formula is C32H40O12. The summed E-state index contributed by atoms with van der Waals surface area (Å²) in [6.07, 6.45) is -1.66. The maximum atomic E-state index is 14.4. The number of hydrogen-bond donors (Lipinski definition) is 3. The van der Waals surface area contributed by atoms with Gasteiger partial charge in [0, 0.05) is 31.2 Å². The van der Waals surface area contributed by atoms with Crippen molar-refractivity contribution < 1.29 is 53.0 Å². The third kappa shape index (κ3) is 3.40. The largest absolute Gasteiger partial charge is 0.456 e. The molecule has 12 nitrogen and oxygen atoms in total. The molecule has 0 bridgehead atoms. The van der Waals surface area contributed by atoms with Crippen LogP contribution in [0, 0.1) is 22.7 Å². The molecule has 44 heavy (non-hydrogen) atoms. The van der Waals surface area contributed by atoms with Crippen LogP contribution in [0.2, 0.25) is 0 Å². The van der Waals surface area contributed by atoms with E-state index in [0.717, 1.165) is 0 Å². The highest BCUT2D eigenvalue weighted by Crippen LogP contribution is 2.77. The van der Waals surface area contributed by atoms with Crippen LogP contribution in [-0.4, -0.2) is 87.0 Å². The van der Waals surface area contributed by atoms with Crippen LogP contribution in [0.25, 0.3) is 0 Å². The van der Waals surface area contributed by atoms with Gasteiger partial charge in [-0.05, 0) is 68.9 Å². The molecule has 0 amide bonds. The molecule has 15 unspecified atom stereocenters. The first-order valence-electron chi connectivity index (χ1n) is 15.8. The lowest BCUT2D eigenvalue weighted by Gasteiger charge is -2.64. The highest BCUT2D eigenvalue weighted by atomic mass is 16.8. The van der Waals surface area contributed by atoms with Gasteiger partial charge < -0.3 is 43.4 Å². The minimum atomic E-state index is -2.03. The Labute approximate surface area is 253 Å². The van der Waals surface area contributed by atoms with Crippen molar-refractivity contribution in [2.75, 3.05) is 0 Å². The molecule has 0 aromatic carbocycles. The normalized spacial score (nSPS) is 55.4. The molecule has 8 rings (SSSR count). The summed E-state index contributed by atoms with van der Waals surface area (Å²) in [5.74, 6) is -4.29. The van der Waals surface area contributed by atoms with E-state index in [1.54, 1.807) is 13.0 Å². The predicted molar refractivity (Wildman–Crippen MR) is 147 cm³/mol. The van der Waals surface area contributed by atoms with Gasteiger partial charge in [0.2, 0.25) is 6.29 Å². The van der Waals surface area contributed by atoms with Gasteiger partial charge >= 0.3 is 11.6 Å². The molecule has 7 fully saturated rings. The Morgan fingerprint density at radius 2 is 1.82 bits per heavy atom. The number of fused-ring (bicyclic) bond motifs is 5. The fourth-order valence-corrected chi connectivity index (χ4v) is 10.8. The van der Waals surface area contributed by atoms with Crippen LogP contribution in [0.5, 0.6) is 0 Å². The van der Waals surface area contributed by atoms with Crippen molar-refractivity contribution in [2.24, 2.45) is 22.7 Å². The summed E-state index contributed by atoms with van der Waals surface area (Å²) in [5, 5.41) is 36.4. The number of rotatable bonds is 2. The number of epoxide rings is 1. The average Bonchev–Trinajstić information content (AvgIpc) is 3.60. The molecule has 3 aliphatic heterocycles. The van der Waals surface area contributed by atoms with E-state index in [9.17, 15) is 29.7 Å². The van der Waals surface area contributed by atoms with Crippen LogP contribution in [0.3, 0.4) is 0 Å². The first-order valence-corrected chi connectivity index (χ1v) is 15.8. The van der Waals surface area contributed by atoms with E-state index in [4.69, 9.17) is 28.1 Å². The Morgan fingerprint density at radius 3 is 2.52 bits per heavy atom. The summed E-state index contributed by atoms with van der Waals surface area (Å²) in [6.45, 7) is 6.81. The van der Waals surface area contributed by atoms with Gasteiger partial charge in [-0.15, -0.1) is 0 Å². The van der Waals surface area contributed by atoms with E-state index in [-0.39, 0.29) is 31.0 Å². The zero-order valence-corrected chi connectivity index (χ0v) is 25.3. The Morgan fingerprint density at radius 1 is 1.05 bits per heavy atom. The van der Waals surface area contributed by atoms with Crippen molar-refractivity contribution in [1.29, 1.82) is 0 Å². The summed E-state index contributed by atoms with van der Waals surface area (Å²) in [7, 11) is 0. The Hall–Kier alpha value is -2.19. The van der Waals surface area contributed by atoms with E-state index in [0.29, 0.717) is 31.2 Å². The van der Waals surface area contributed by atoms with Gasteiger partial charge in [0.1, 0.15) is 17.3 Å². The molecule has 4 heterocycles. The van der Waals surface area contributed by atoms with Crippen molar-refractivity contribution in [3.05, 3.63) is 34.4 Å². The summed E-state index contributed by atoms with van der Waals surface area (Å²) in [4.78, 5) is 38.0. The molecular weight excluding hydrogens is 576 g/mol. The van der Waals surface area contributed by atoms with Crippen molar-refractivity contribution >= 4 is 11.8 Å². The number of ketones is 1. The number of aliphatic hydroxyl groups excluding tert-OH is 1. The Balaban J connectivity index is 1.15. The molecule has 0 radical (unpaired) electrons. The van der Waals surface area contributed by atoms with E-state index in [1.807, 2.05) is 13.8 Å². The van der Waals surface area contributed by atoms with Crippen LogP contribution in [-0.2, 0) is 33.3 Å². The number of ether oxygens (including phenoxy) is 5. The fourth-order valence-electron chi connectivity index (χ4n) is 10.8. The maximum Gasteiger partial charge on any atom is 0.335 e. The first-order chi connectivity index (χ1) is 20.7. The van der Waals surface area contributed by atoms with Gasteiger partial charge in [-0.3, -0.25) is 9.59 Å². The minimum absolute atomic E-state index is 0.0366. The summed E-state index contributed by atoms with van der Waals surface area (Å²) in [6, 6.07) is 2.93. The zero-order valence-electron chi connectivity index (χ0n) is 25.3. The number of carbonyl (C=O) groups is 2. The van der Waals surface area contributed by atoms with Crippen LogP contribution in [0.1, 0.15) is 77.7 Å². The van der Waals surface area contributed by atoms with Crippen LogP contribution >= 0.6 is 0 Å². The van der Waals surface area contributed by atoms with Crippen LogP contribution < -0.4 is 5.63 Å². The second-order valence-corrected chi connectivity index (χ2v) is 14.8. The lowest BCUT2D eigenvalue weighted by molar-refractivity contribution is -0.457. The van der Waals surface area contributed by atoms with Gasteiger partial charge in [0.05, 0.1) is 36.1 Å². The topological polar surface area (TPSA) is 174 Å². The molecule has 3 saturated heterocycles. The quantitative estimate of drug-likeness (QED) is 0.247. The number of aliphatic hydroxyl groups is 3. The fraction of sp³-hybridized carbons (Fsp3) is 0.781. The number of carbonyl (C=O) groups excluding carboxylic acids is 2. The predicted octanol–water partition coefficient (Wildman–Crippen LogP) is 1.31. The Kier molecular flexibility index (Phi) is 5.97. The van der Waals surface area contributed by atoms with Gasteiger partial charge in [-0.2, -0.15) is 0 Å². The van der Waals surface area contributed by atoms with Crippen LogP contribution in [0.15, 0.2) is 27.6 Å². The number of esters is 1. The molecule has 4 saturated carbocycles. The second-order valence-electron chi connectivity index (χ2n) is 14.8. The Bertz CT molecular complexity index is 1460. The summed E-state index contributed by atoms with van der Waals surface area (Å²) < 4.78 is 35.8. The zero-order chi connectivity index (χ0) is 31.2. The van der Waals surface area contributed by atoms with Gasteiger partial charge in [0.25, 0.3) is 5.79 Å². The third-order valence-electron chi connectivity index (χ3n) is 12.8. The molecule has 3 N–H and O–H groups in total. The first kappa shape index (κ1) is 29.2. The SMILES string of the molecule is CC(=O)OC1CC(C)OC2OC3CC4CC5OC56C(C(O)C(=O)C5(C)C(c7ccc(=O)oc7)CCC56O)C4(C)CC3OC12O. The van der Waals surface area contributed by atoms with Crippen molar-refractivity contribution in [3.8, 4) is 0 Å². The highest BCUT2D eigenvalue weighted by molar-refractivity contribution is 5.94. The van der Waals surface area contributed by atoms with E-state index in [2.05, 4.69) is 0 Å². The molecule has 12 heteroatoms. The number of hydrogen-bond acceptors (Lipinski definition) is 12. The minimum Gasteiger partial charge on any atom is -0.456 e. The van der Waals surface area contributed by atoms with Crippen molar-refractivity contribution in [2.45, 2.75) is 132 Å². The van der Waals surface area contributed by atoms with Gasteiger partial charge in [-0.1, -0.05) is 6.92 Å². The molecule has 4 aliphatic carbocycles. The number of Topliss-reactive ketones (excluding diaryl/α,β-unsaturated/α-hetero) is 1. The van der Waals surface area contributed by atoms with Gasteiger partial charge in [-0.25, -0.2) is 4.79 Å². The van der Waals surface area contributed by atoms with Crippen LogP contribution in [0.4, 0.5) is 0 Å². The maximum absolute atomic E-state index is 14.4. The molecule has 15 atom stereocenters. The van der Waals surface area contributed by atoms with Gasteiger partial charge in [0.15, 0.2) is 11.9 Å². The second kappa shape index (κ2) is 8.99. The van der Waals surface area contributed by atoms with Crippen molar-refractivity contribution in [3.63, 3.8) is 0 Å². The highest BCUT2D eigenvalue weighted by Gasteiger charge is 2.89. The molecule has 240 valence electrons. The lowest BCUT2D eigenvalue weighted by atomic mass is 9.41. The molecule has 1 spiro atoms. The summed E-state index contributed by atoms with van der Waals surface area (Å²) in [5.41, 5.74) is -4.72. The molecule has 1 aromatic rings. The summed E-state index contributed by atoms with van der Waals surface area (Å²) >= 11 is 0. The molecule has 7 aliphatic rings. The standard InChI is InChI=1S/C32H40O12/c1-14-9-22(41-15(2)33)32(38)27(40-14)42-19-10-17-11-21-31(44-21)25(28(17,3)12-20(19)43-32)24(35)26(36)29(4)18(7-8-30(29,31)37)16-5-6-23(34)39-13-16/h5-6,13-14,17-22,24-25,27,35,37-38H,7-12H2,1-4H3. The van der Waals surface area contributed by atoms with Crippen molar-refractivity contribution in [1.82, 2.24) is 0 Å². The monoisotopic (exact) mass is 616 g/mol. The van der Waals surface area contributed by atoms with E-state index >= 15 is 0 Å². The third-order valence-corrected chi connectivity index (χ3v) is 12.8. The molecule has 1 aromatic heterocycles. The average molecular weight is 617 g/mol. The lowest BCUT2D eigenvalue weighted by Crippen LogP contribution is -2.76.